The molecular weight excluding hydrogens is 232 g/mol. The molecule has 0 atom stereocenters. The lowest BCUT2D eigenvalue weighted by Gasteiger charge is -2.04. The average molecular weight is 243 g/mol. The van der Waals surface area contributed by atoms with Gasteiger partial charge in [0.2, 0.25) is 0 Å². The number of hydrogen-bond acceptors (Lipinski definition) is 3. The van der Waals surface area contributed by atoms with Crippen LogP contribution >= 0.6 is 0 Å². The van der Waals surface area contributed by atoms with Gasteiger partial charge in [-0.05, 0) is 18.1 Å². The molecule has 0 heterocycles. The van der Waals surface area contributed by atoms with Crippen LogP contribution in [0.3, 0.4) is 0 Å². The van der Waals surface area contributed by atoms with Crippen molar-refractivity contribution in [3.63, 3.8) is 0 Å². The Hall–Kier alpha value is -1.98. The zero-order valence-electron chi connectivity index (χ0n) is 9.13. The normalized spacial score (nSPS) is 9.82. The van der Waals surface area contributed by atoms with E-state index in [2.05, 4.69) is 10.1 Å². The molecule has 6 heteroatoms. The Labute approximate surface area is 96.6 Å². The number of hydrogen-bond donors (Lipinski definition) is 1. The van der Waals surface area contributed by atoms with E-state index >= 15 is 0 Å². The minimum atomic E-state index is -1.01. The Morgan fingerprint density at radius 1 is 1.35 bits per heavy atom. The van der Waals surface area contributed by atoms with Crippen LogP contribution < -0.4 is 5.32 Å². The summed E-state index contributed by atoms with van der Waals surface area (Å²) in [5.41, 5.74) is 0.261. The number of carbonyl (C=O) groups excluding carboxylic acids is 2. The topological polar surface area (TPSA) is 55.4 Å². The first-order valence-electron chi connectivity index (χ1n) is 4.84. The third-order valence-corrected chi connectivity index (χ3v) is 2.07. The van der Waals surface area contributed by atoms with Gasteiger partial charge >= 0.3 is 11.9 Å². The van der Waals surface area contributed by atoms with E-state index in [4.69, 9.17) is 0 Å². The quantitative estimate of drug-likeness (QED) is 0.631. The highest BCUT2D eigenvalue weighted by Crippen LogP contribution is 2.09. The fraction of sp³-hybridized carbons (Fsp3) is 0.273. The van der Waals surface area contributed by atoms with Crippen molar-refractivity contribution in [3.8, 4) is 0 Å². The van der Waals surface area contributed by atoms with Crippen molar-refractivity contribution in [2.24, 2.45) is 0 Å². The molecule has 0 bridgehead atoms. The molecule has 0 radical (unpaired) electrons. The third kappa shape index (κ3) is 3.82. The molecule has 0 aliphatic carbocycles. The lowest BCUT2D eigenvalue weighted by atomic mass is 10.1. The van der Waals surface area contributed by atoms with Crippen LogP contribution in [0.4, 0.5) is 8.78 Å². The van der Waals surface area contributed by atoms with Crippen molar-refractivity contribution >= 4 is 11.9 Å². The van der Waals surface area contributed by atoms with Crippen molar-refractivity contribution in [3.05, 3.63) is 35.4 Å². The fourth-order valence-corrected chi connectivity index (χ4v) is 1.20. The van der Waals surface area contributed by atoms with E-state index in [1.54, 1.807) is 0 Å². The number of carbonyl (C=O) groups is 2. The number of amides is 1. The highest BCUT2D eigenvalue weighted by molar-refractivity contribution is 6.32. The van der Waals surface area contributed by atoms with E-state index in [0.29, 0.717) is 0 Å². The van der Waals surface area contributed by atoms with Crippen LogP contribution in [0.5, 0.6) is 0 Å². The summed E-state index contributed by atoms with van der Waals surface area (Å²) in [6, 6.07) is 3.17. The minimum absolute atomic E-state index is 0.0660. The maximum absolute atomic E-state index is 13.2. The first-order chi connectivity index (χ1) is 8.04. The Kier molecular flexibility index (Phi) is 4.56. The lowest BCUT2D eigenvalue weighted by molar-refractivity contribution is -0.152. The van der Waals surface area contributed by atoms with Gasteiger partial charge in [-0.3, -0.25) is 4.79 Å². The van der Waals surface area contributed by atoms with Gasteiger partial charge in [-0.1, -0.05) is 6.07 Å². The highest BCUT2D eigenvalue weighted by atomic mass is 19.1. The molecular formula is C11H11F2NO3. The molecule has 1 aromatic carbocycles. The molecule has 0 unspecified atom stereocenters. The maximum atomic E-state index is 13.2. The lowest BCUT2D eigenvalue weighted by Crippen LogP contribution is -2.33. The number of nitrogens with one attached hydrogen (secondary N) is 1. The number of methoxy groups -OCH3 is 1. The van der Waals surface area contributed by atoms with Crippen molar-refractivity contribution in [1.82, 2.24) is 5.32 Å². The molecule has 0 fully saturated rings. The zero-order valence-corrected chi connectivity index (χ0v) is 9.13. The highest BCUT2D eigenvalue weighted by Gasteiger charge is 2.12. The van der Waals surface area contributed by atoms with Gasteiger partial charge in [0.15, 0.2) is 0 Å². The number of rotatable bonds is 3. The first kappa shape index (κ1) is 13.1. The molecule has 0 spiro atoms. The minimum Gasteiger partial charge on any atom is -0.462 e. The van der Waals surface area contributed by atoms with Gasteiger partial charge in [-0.25, -0.2) is 13.6 Å². The van der Waals surface area contributed by atoms with E-state index in [9.17, 15) is 18.4 Å². The van der Waals surface area contributed by atoms with Crippen molar-refractivity contribution in [2.75, 3.05) is 13.7 Å². The SMILES string of the molecule is COC(=O)C(=O)NCCc1ccc(F)cc1F. The average Bonchev–Trinajstić information content (AvgIpc) is 2.30. The second-order valence-corrected chi connectivity index (χ2v) is 3.23. The summed E-state index contributed by atoms with van der Waals surface area (Å²) in [5.74, 6) is -3.25. The van der Waals surface area contributed by atoms with Crippen molar-refractivity contribution < 1.29 is 23.1 Å². The first-order valence-corrected chi connectivity index (χ1v) is 4.84. The Balaban J connectivity index is 2.46. The van der Waals surface area contributed by atoms with Crippen LogP contribution in [-0.2, 0) is 20.7 Å². The van der Waals surface area contributed by atoms with Crippen LogP contribution in [-0.4, -0.2) is 25.5 Å². The molecule has 1 N–H and O–H groups in total. The van der Waals surface area contributed by atoms with Crippen LogP contribution in [0, 0.1) is 11.6 Å². The molecule has 1 aromatic rings. The monoisotopic (exact) mass is 243 g/mol. The summed E-state index contributed by atoms with van der Waals surface area (Å²) >= 11 is 0. The molecule has 0 aliphatic heterocycles. The molecule has 92 valence electrons. The number of ether oxygens (including phenoxy) is 1. The van der Waals surface area contributed by atoms with E-state index in [1.807, 2.05) is 0 Å². The third-order valence-electron chi connectivity index (χ3n) is 2.07. The van der Waals surface area contributed by atoms with E-state index in [-0.39, 0.29) is 18.5 Å². The zero-order chi connectivity index (χ0) is 12.8. The second-order valence-electron chi connectivity index (χ2n) is 3.23. The molecule has 1 amide bonds. The van der Waals surface area contributed by atoms with Gasteiger partial charge in [-0.2, -0.15) is 0 Å². The van der Waals surface area contributed by atoms with Gasteiger partial charge in [0.1, 0.15) is 11.6 Å². The molecule has 4 nitrogen and oxygen atoms in total. The Morgan fingerprint density at radius 2 is 2.06 bits per heavy atom. The molecule has 1 rings (SSSR count). The van der Waals surface area contributed by atoms with Gasteiger partial charge in [0.05, 0.1) is 7.11 Å². The number of esters is 1. The molecule has 0 saturated heterocycles. The summed E-state index contributed by atoms with van der Waals surface area (Å²) in [4.78, 5) is 21.7. The van der Waals surface area contributed by atoms with E-state index < -0.39 is 23.5 Å². The largest absolute Gasteiger partial charge is 0.462 e. The predicted octanol–water partition coefficient (Wildman–Crippen LogP) is 0.796. The molecule has 17 heavy (non-hydrogen) atoms. The fourth-order valence-electron chi connectivity index (χ4n) is 1.20. The smallest absolute Gasteiger partial charge is 0.396 e. The van der Waals surface area contributed by atoms with Gasteiger partial charge in [-0.15, -0.1) is 0 Å². The standard InChI is InChI=1S/C11H11F2NO3/c1-17-11(16)10(15)14-5-4-7-2-3-8(12)6-9(7)13/h2-3,6H,4-5H2,1H3,(H,14,15). The van der Waals surface area contributed by atoms with Gasteiger partial charge < -0.3 is 10.1 Å². The van der Waals surface area contributed by atoms with Crippen LogP contribution in [0.15, 0.2) is 18.2 Å². The summed E-state index contributed by atoms with van der Waals surface area (Å²) in [6.45, 7) is 0.0660. The molecule has 0 aromatic heterocycles. The van der Waals surface area contributed by atoms with Crippen LogP contribution in [0.25, 0.3) is 0 Å². The van der Waals surface area contributed by atoms with E-state index in [1.165, 1.54) is 6.07 Å². The van der Waals surface area contributed by atoms with Crippen LogP contribution in [0.1, 0.15) is 5.56 Å². The predicted molar refractivity (Wildman–Crippen MR) is 55.1 cm³/mol. The van der Waals surface area contributed by atoms with Crippen LogP contribution in [0.2, 0.25) is 0 Å². The summed E-state index contributed by atoms with van der Waals surface area (Å²) in [6.07, 6.45) is 0.162. The Morgan fingerprint density at radius 3 is 2.65 bits per heavy atom. The summed E-state index contributed by atoms with van der Waals surface area (Å²) in [7, 11) is 1.08. The number of halogens is 2. The Bertz CT molecular complexity index is 435. The number of benzene rings is 1. The maximum Gasteiger partial charge on any atom is 0.396 e. The summed E-state index contributed by atoms with van der Waals surface area (Å²) in [5, 5.41) is 2.25. The van der Waals surface area contributed by atoms with Gasteiger partial charge in [0, 0.05) is 12.6 Å². The van der Waals surface area contributed by atoms with E-state index in [0.717, 1.165) is 19.2 Å². The molecule has 0 saturated carbocycles. The van der Waals surface area contributed by atoms with Crippen molar-refractivity contribution in [1.29, 1.82) is 0 Å². The van der Waals surface area contributed by atoms with Crippen molar-refractivity contribution in [2.45, 2.75) is 6.42 Å². The summed E-state index contributed by atoms with van der Waals surface area (Å²) < 4.78 is 29.9. The van der Waals surface area contributed by atoms with Gasteiger partial charge in [0.25, 0.3) is 0 Å². The molecule has 0 aliphatic rings. The second kappa shape index (κ2) is 5.93.